The van der Waals surface area contributed by atoms with Gasteiger partial charge in [-0.3, -0.25) is 0 Å². The molecule has 1 aromatic rings. The van der Waals surface area contributed by atoms with Crippen LogP contribution in [0.25, 0.3) is 0 Å². The zero-order valence-corrected chi connectivity index (χ0v) is 11.8. The predicted molar refractivity (Wildman–Crippen MR) is 74.5 cm³/mol. The molecule has 1 aromatic carbocycles. The summed E-state index contributed by atoms with van der Waals surface area (Å²) in [5.74, 6) is 0.799. The molecule has 1 rings (SSSR count). The summed E-state index contributed by atoms with van der Waals surface area (Å²) in [4.78, 5) is 0. The van der Waals surface area contributed by atoms with Crippen LogP contribution in [0.4, 0.5) is 0 Å². The van der Waals surface area contributed by atoms with Crippen molar-refractivity contribution in [3.8, 4) is 5.75 Å². The van der Waals surface area contributed by atoms with E-state index in [4.69, 9.17) is 14.2 Å². The summed E-state index contributed by atoms with van der Waals surface area (Å²) in [7, 11) is 1.68. The van der Waals surface area contributed by atoms with Crippen molar-refractivity contribution >= 4 is 0 Å². The van der Waals surface area contributed by atoms with Gasteiger partial charge in [-0.15, -0.1) is 0 Å². The summed E-state index contributed by atoms with van der Waals surface area (Å²) in [5.41, 5.74) is 0.922. The van der Waals surface area contributed by atoms with Gasteiger partial charge in [0.05, 0.1) is 12.7 Å². The zero-order valence-electron chi connectivity index (χ0n) is 11.8. The Kier molecular flexibility index (Phi) is 8.21. The standard InChI is InChI=1S/C15H24O4/c1-3-15(16)13-5-7-14(8-6-13)19-12-11-18-10-4-9-17-2/h5-8,15-16H,3-4,9-12H2,1-2H3. The number of benzene rings is 1. The maximum Gasteiger partial charge on any atom is 0.119 e. The van der Waals surface area contributed by atoms with E-state index in [0.29, 0.717) is 19.8 Å². The second-order valence-corrected chi connectivity index (χ2v) is 4.30. The third kappa shape index (κ3) is 6.57. The Morgan fingerprint density at radius 2 is 1.79 bits per heavy atom. The van der Waals surface area contributed by atoms with Gasteiger partial charge in [-0.05, 0) is 30.5 Å². The topological polar surface area (TPSA) is 47.9 Å². The summed E-state index contributed by atoms with van der Waals surface area (Å²) >= 11 is 0. The van der Waals surface area contributed by atoms with Crippen molar-refractivity contribution in [1.29, 1.82) is 0 Å². The van der Waals surface area contributed by atoms with Crippen molar-refractivity contribution < 1.29 is 19.3 Å². The summed E-state index contributed by atoms with van der Waals surface area (Å²) < 4.78 is 15.9. The Hall–Kier alpha value is -1.10. The molecule has 4 heteroatoms. The van der Waals surface area contributed by atoms with Crippen LogP contribution in [-0.4, -0.2) is 38.6 Å². The molecular formula is C15H24O4. The molecule has 108 valence electrons. The van der Waals surface area contributed by atoms with Crippen LogP contribution in [0, 0.1) is 0 Å². The fourth-order valence-corrected chi connectivity index (χ4v) is 1.65. The van der Waals surface area contributed by atoms with Crippen LogP contribution in [-0.2, 0) is 9.47 Å². The summed E-state index contributed by atoms with van der Waals surface area (Å²) in [6.07, 6.45) is 1.23. The first kappa shape index (κ1) is 16.0. The lowest BCUT2D eigenvalue weighted by Gasteiger charge is -2.10. The maximum absolute atomic E-state index is 9.67. The molecule has 0 saturated carbocycles. The minimum absolute atomic E-state index is 0.391. The van der Waals surface area contributed by atoms with E-state index in [-0.39, 0.29) is 0 Å². The van der Waals surface area contributed by atoms with E-state index in [9.17, 15) is 5.11 Å². The minimum Gasteiger partial charge on any atom is -0.491 e. The van der Waals surface area contributed by atoms with Crippen molar-refractivity contribution in [1.82, 2.24) is 0 Å². The van der Waals surface area contributed by atoms with E-state index in [0.717, 1.165) is 30.8 Å². The van der Waals surface area contributed by atoms with Gasteiger partial charge in [0.15, 0.2) is 0 Å². The molecule has 0 radical (unpaired) electrons. The van der Waals surface area contributed by atoms with Gasteiger partial charge < -0.3 is 19.3 Å². The third-order valence-corrected chi connectivity index (χ3v) is 2.79. The van der Waals surface area contributed by atoms with E-state index in [2.05, 4.69) is 0 Å². The monoisotopic (exact) mass is 268 g/mol. The highest BCUT2D eigenvalue weighted by Crippen LogP contribution is 2.19. The van der Waals surface area contributed by atoms with Crippen LogP contribution < -0.4 is 4.74 Å². The van der Waals surface area contributed by atoms with Crippen LogP contribution in [0.1, 0.15) is 31.4 Å². The molecule has 0 aliphatic heterocycles. The molecule has 19 heavy (non-hydrogen) atoms. The third-order valence-electron chi connectivity index (χ3n) is 2.79. The molecule has 0 fully saturated rings. The van der Waals surface area contributed by atoms with Crippen molar-refractivity contribution in [2.45, 2.75) is 25.9 Å². The molecule has 0 aliphatic carbocycles. The molecule has 0 spiro atoms. The second kappa shape index (κ2) is 9.78. The van der Waals surface area contributed by atoms with E-state index < -0.39 is 6.10 Å². The lowest BCUT2D eigenvalue weighted by atomic mass is 10.1. The van der Waals surface area contributed by atoms with Crippen LogP contribution in [0.15, 0.2) is 24.3 Å². The van der Waals surface area contributed by atoms with Gasteiger partial charge in [0, 0.05) is 20.3 Å². The minimum atomic E-state index is -0.391. The first-order valence-electron chi connectivity index (χ1n) is 6.75. The Morgan fingerprint density at radius 1 is 1.05 bits per heavy atom. The molecule has 0 saturated heterocycles. The largest absolute Gasteiger partial charge is 0.491 e. The van der Waals surface area contributed by atoms with E-state index in [1.807, 2.05) is 31.2 Å². The predicted octanol–water partition coefficient (Wildman–Crippen LogP) is 2.56. The Morgan fingerprint density at radius 3 is 2.42 bits per heavy atom. The molecule has 0 bridgehead atoms. The van der Waals surface area contributed by atoms with Crippen molar-refractivity contribution in [3.63, 3.8) is 0 Å². The molecule has 0 aromatic heterocycles. The SMILES string of the molecule is CCC(O)c1ccc(OCCOCCCOC)cc1. The first-order valence-corrected chi connectivity index (χ1v) is 6.75. The fourth-order valence-electron chi connectivity index (χ4n) is 1.65. The average Bonchev–Trinajstić information content (AvgIpc) is 2.46. The Bertz CT molecular complexity index is 323. The average molecular weight is 268 g/mol. The lowest BCUT2D eigenvalue weighted by Crippen LogP contribution is -2.08. The highest BCUT2D eigenvalue weighted by molar-refractivity contribution is 5.28. The van der Waals surface area contributed by atoms with Gasteiger partial charge >= 0.3 is 0 Å². The quantitative estimate of drug-likeness (QED) is 0.663. The van der Waals surface area contributed by atoms with Crippen molar-refractivity contribution in [3.05, 3.63) is 29.8 Å². The van der Waals surface area contributed by atoms with Gasteiger partial charge in [0.25, 0.3) is 0 Å². The molecule has 0 heterocycles. The lowest BCUT2D eigenvalue weighted by molar-refractivity contribution is 0.0806. The van der Waals surface area contributed by atoms with Gasteiger partial charge in [-0.2, -0.15) is 0 Å². The van der Waals surface area contributed by atoms with Gasteiger partial charge in [0.1, 0.15) is 12.4 Å². The van der Waals surface area contributed by atoms with Crippen LogP contribution in [0.5, 0.6) is 5.75 Å². The molecule has 4 nitrogen and oxygen atoms in total. The fraction of sp³-hybridized carbons (Fsp3) is 0.600. The highest BCUT2D eigenvalue weighted by atomic mass is 16.5. The van der Waals surface area contributed by atoms with Gasteiger partial charge in [0.2, 0.25) is 0 Å². The zero-order chi connectivity index (χ0) is 13.9. The van der Waals surface area contributed by atoms with E-state index >= 15 is 0 Å². The molecular weight excluding hydrogens is 244 g/mol. The van der Waals surface area contributed by atoms with E-state index in [1.54, 1.807) is 7.11 Å². The van der Waals surface area contributed by atoms with Gasteiger partial charge in [-0.1, -0.05) is 19.1 Å². The smallest absolute Gasteiger partial charge is 0.119 e. The second-order valence-electron chi connectivity index (χ2n) is 4.30. The summed E-state index contributed by atoms with van der Waals surface area (Å²) in [6.45, 7) is 4.47. The van der Waals surface area contributed by atoms with Crippen LogP contribution in [0.3, 0.4) is 0 Å². The number of hydrogen-bond donors (Lipinski definition) is 1. The molecule has 0 amide bonds. The van der Waals surface area contributed by atoms with E-state index in [1.165, 1.54) is 0 Å². The number of rotatable bonds is 10. The highest BCUT2D eigenvalue weighted by Gasteiger charge is 2.04. The number of aliphatic hydroxyl groups excluding tert-OH is 1. The van der Waals surface area contributed by atoms with Gasteiger partial charge in [-0.25, -0.2) is 0 Å². The number of aliphatic hydroxyl groups is 1. The molecule has 1 N–H and O–H groups in total. The summed E-state index contributed by atoms with van der Waals surface area (Å²) in [5, 5.41) is 9.67. The molecule has 1 atom stereocenters. The molecule has 1 unspecified atom stereocenters. The van der Waals surface area contributed by atoms with Crippen LogP contribution in [0.2, 0.25) is 0 Å². The number of ether oxygens (including phenoxy) is 3. The van der Waals surface area contributed by atoms with Crippen LogP contribution >= 0.6 is 0 Å². The molecule has 0 aliphatic rings. The summed E-state index contributed by atoms with van der Waals surface area (Å²) in [6, 6.07) is 7.53. The Balaban J connectivity index is 2.16. The maximum atomic E-state index is 9.67. The first-order chi connectivity index (χ1) is 9.27. The van der Waals surface area contributed by atoms with Crippen molar-refractivity contribution in [2.75, 3.05) is 33.5 Å². The normalized spacial score (nSPS) is 12.4. The number of methoxy groups -OCH3 is 1. The number of hydrogen-bond acceptors (Lipinski definition) is 4. The van der Waals surface area contributed by atoms with Crippen molar-refractivity contribution in [2.24, 2.45) is 0 Å². The Labute approximate surface area is 115 Å².